The number of hydrogen-bond donors (Lipinski definition) is 8. The van der Waals surface area contributed by atoms with Crippen LogP contribution in [0.3, 0.4) is 0 Å². The highest BCUT2D eigenvalue weighted by Crippen LogP contribution is 2.38. The van der Waals surface area contributed by atoms with Crippen LogP contribution in [0, 0.1) is 0 Å². The molecule has 4 rings (SSSR count). The highest BCUT2D eigenvalue weighted by molar-refractivity contribution is 5.90. The SMILES string of the molecule is O=C(O)CC(=O)OC[C@H]1O[C@@H](OC2=C(c3ccc(O)c(O)c3)[OH+]C3C=C(O)C=C(O)C3=C2)[C@H](O)[C@@H](O)[C@@H]1O. The number of phenolic OH excluding ortho intramolecular Hbond substituents is 2. The Bertz CT molecular complexity index is 1240. The van der Waals surface area contributed by atoms with Crippen molar-refractivity contribution in [3.8, 4) is 11.5 Å². The van der Waals surface area contributed by atoms with Crippen molar-refractivity contribution in [3.05, 3.63) is 64.8 Å². The predicted octanol–water partition coefficient (Wildman–Crippen LogP) is -0.658. The molecule has 6 atom stereocenters. The zero-order valence-corrected chi connectivity index (χ0v) is 19.4. The van der Waals surface area contributed by atoms with Crippen molar-refractivity contribution in [3.63, 3.8) is 0 Å². The van der Waals surface area contributed by atoms with E-state index in [0.717, 1.165) is 6.08 Å². The molecule has 14 heteroatoms. The highest BCUT2D eigenvalue weighted by Gasteiger charge is 2.47. The van der Waals surface area contributed by atoms with Crippen LogP contribution in [0.4, 0.5) is 0 Å². The van der Waals surface area contributed by atoms with Gasteiger partial charge in [0.05, 0.1) is 17.2 Å². The average Bonchev–Trinajstić information content (AvgIpc) is 2.84. The lowest BCUT2D eigenvalue weighted by molar-refractivity contribution is -0.291. The quantitative estimate of drug-likeness (QED) is 0.0934. The molecule has 38 heavy (non-hydrogen) atoms. The molecule has 1 aromatic carbocycles. The first-order chi connectivity index (χ1) is 17.9. The Hall–Kier alpha value is -4.24. The van der Waals surface area contributed by atoms with Crippen molar-refractivity contribution in [1.29, 1.82) is 0 Å². The second kappa shape index (κ2) is 10.6. The smallest absolute Gasteiger partial charge is 0.317 e. The van der Waals surface area contributed by atoms with Crippen molar-refractivity contribution < 1.29 is 69.4 Å². The molecular weight excluding hydrogens is 512 g/mol. The van der Waals surface area contributed by atoms with Crippen LogP contribution in [0.15, 0.2) is 59.3 Å². The third-order valence-electron chi connectivity index (χ3n) is 5.88. The maximum atomic E-state index is 11.6. The average molecular weight is 537 g/mol. The number of aromatic hydroxyl groups is 2. The number of carbonyl (C=O) groups excluding carboxylic acids is 1. The van der Waals surface area contributed by atoms with Gasteiger partial charge < -0.3 is 59.8 Å². The van der Waals surface area contributed by atoms with Crippen LogP contribution in [0.1, 0.15) is 12.0 Å². The molecular formula is C24H25O14+. The van der Waals surface area contributed by atoms with E-state index in [9.17, 15) is 45.3 Å². The zero-order chi connectivity index (χ0) is 27.7. The van der Waals surface area contributed by atoms with Crippen LogP contribution in [0.5, 0.6) is 11.5 Å². The lowest BCUT2D eigenvalue weighted by atomic mass is 9.96. The fourth-order valence-corrected chi connectivity index (χ4v) is 3.96. The van der Waals surface area contributed by atoms with Gasteiger partial charge in [-0.15, -0.1) is 0 Å². The normalized spacial score (nSPS) is 28.8. The Kier molecular flexibility index (Phi) is 7.50. The molecule has 0 saturated carbocycles. The van der Waals surface area contributed by atoms with Gasteiger partial charge in [0.15, 0.2) is 11.5 Å². The fraction of sp³-hybridized carbons (Fsp3) is 0.333. The number of esters is 1. The molecule has 1 aliphatic carbocycles. The van der Waals surface area contributed by atoms with Gasteiger partial charge in [-0.05, 0) is 12.1 Å². The van der Waals surface area contributed by atoms with Crippen molar-refractivity contribution in [1.82, 2.24) is 0 Å². The molecule has 2 heterocycles. The number of aliphatic carboxylic acids is 1. The topological polar surface area (TPSA) is 236 Å². The van der Waals surface area contributed by atoms with Crippen molar-refractivity contribution >= 4 is 17.7 Å². The maximum absolute atomic E-state index is 11.6. The van der Waals surface area contributed by atoms with Gasteiger partial charge in [0.2, 0.25) is 18.2 Å². The molecule has 0 amide bonds. The number of carbonyl (C=O) groups is 2. The summed E-state index contributed by atoms with van der Waals surface area (Å²) in [5.41, 5.74) is 0.409. The number of fused-ring (bicyclic) bond motifs is 1. The van der Waals surface area contributed by atoms with E-state index < -0.39 is 73.3 Å². The second-order valence-electron chi connectivity index (χ2n) is 8.60. The summed E-state index contributed by atoms with van der Waals surface area (Å²) in [6.45, 7) is -0.671. The highest BCUT2D eigenvalue weighted by atomic mass is 16.7. The summed E-state index contributed by atoms with van der Waals surface area (Å²) in [6.07, 6.45) is -6.60. The number of aliphatic hydroxyl groups excluding tert-OH is 5. The van der Waals surface area contributed by atoms with Crippen molar-refractivity contribution in [2.75, 3.05) is 6.61 Å². The summed E-state index contributed by atoms with van der Waals surface area (Å²) >= 11 is 0. The molecule has 1 unspecified atom stereocenters. The van der Waals surface area contributed by atoms with Gasteiger partial charge in [0.25, 0.3) is 0 Å². The maximum Gasteiger partial charge on any atom is 0.317 e. The predicted molar refractivity (Wildman–Crippen MR) is 123 cm³/mol. The van der Waals surface area contributed by atoms with Crippen LogP contribution < -0.4 is 0 Å². The number of carboxylic acid groups (broad SMARTS) is 1. The number of benzene rings is 1. The van der Waals surface area contributed by atoms with E-state index >= 15 is 0 Å². The standard InChI is InChI=1S/C24H24O14/c25-10-4-13(27)11-6-16(23(36-15(11)5-10)9-1-2-12(26)14(28)3-9)37-24-22(34)21(33)20(32)17(38-24)8-35-19(31)7-18(29)30/h1-6,15,17,20-22,24-28,32-34H,7-8H2,(H,29,30)/p+1/t15?,17-,20-,21+,22-,24-/m1/s1. The third kappa shape index (κ3) is 5.52. The molecule has 0 spiro atoms. The Labute approximate surface area is 213 Å². The van der Waals surface area contributed by atoms with E-state index in [1.165, 1.54) is 30.4 Å². The minimum Gasteiger partial charge on any atom is -0.571 e. The van der Waals surface area contributed by atoms with E-state index in [1.54, 1.807) is 0 Å². The number of hydrogen-bond acceptors (Lipinski definition) is 12. The van der Waals surface area contributed by atoms with Crippen molar-refractivity contribution in [2.45, 2.75) is 43.2 Å². The molecule has 0 radical (unpaired) electrons. The molecule has 204 valence electrons. The third-order valence-corrected chi connectivity index (χ3v) is 5.88. The molecule has 0 bridgehead atoms. The van der Waals surface area contributed by atoms with Gasteiger partial charge in [-0.2, -0.15) is 0 Å². The Balaban J connectivity index is 1.65. The van der Waals surface area contributed by atoms with E-state index in [2.05, 4.69) is 4.74 Å². The number of aliphatic hydroxyl groups is 7. The van der Waals surface area contributed by atoms with Gasteiger partial charge in [0.1, 0.15) is 49.0 Å². The first kappa shape index (κ1) is 26.8. The summed E-state index contributed by atoms with van der Waals surface area (Å²) in [7, 11) is 0. The van der Waals surface area contributed by atoms with E-state index in [1.807, 2.05) is 0 Å². The number of allylic oxidation sites excluding steroid dienone is 2. The number of phenols is 2. The molecule has 2 aliphatic heterocycles. The summed E-state index contributed by atoms with van der Waals surface area (Å²) < 4.78 is 20.5. The van der Waals surface area contributed by atoms with Gasteiger partial charge >= 0.3 is 17.7 Å². The lowest BCUT2D eigenvalue weighted by Gasteiger charge is -2.40. The summed E-state index contributed by atoms with van der Waals surface area (Å²) in [6, 6.07) is 3.74. The Morgan fingerprint density at radius 2 is 1.71 bits per heavy atom. The molecule has 1 saturated heterocycles. The zero-order valence-electron chi connectivity index (χ0n) is 19.4. The van der Waals surface area contributed by atoms with Crippen LogP contribution in [0.2, 0.25) is 0 Å². The van der Waals surface area contributed by atoms with E-state index in [0.29, 0.717) is 0 Å². The van der Waals surface area contributed by atoms with Gasteiger partial charge in [0, 0.05) is 18.2 Å². The largest absolute Gasteiger partial charge is 0.571 e. The summed E-state index contributed by atoms with van der Waals surface area (Å²) in [5, 5.41) is 79.7. The minimum atomic E-state index is -1.83. The fourth-order valence-electron chi connectivity index (χ4n) is 3.96. The molecule has 1 aromatic rings. The second-order valence-corrected chi connectivity index (χ2v) is 8.60. The molecule has 3 aliphatic rings. The number of rotatable bonds is 7. The van der Waals surface area contributed by atoms with Crippen LogP contribution in [-0.4, -0.2) is 101 Å². The first-order valence-corrected chi connectivity index (χ1v) is 11.2. The lowest BCUT2D eigenvalue weighted by Crippen LogP contribution is -2.59. The first-order valence-electron chi connectivity index (χ1n) is 11.2. The number of carboxylic acids is 1. The van der Waals surface area contributed by atoms with Gasteiger partial charge in [-0.25, -0.2) is 0 Å². The van der Waals surface area contributed by atoms with Crippen molar-refractivity contribution in [2.24, 2.45) is 0 Å². The molecule has 1 fully saturated rings. The Morgan fingerprint density at radius 3 is 2.39 bits per heavy atom. The van der Waals surface area contributed by atoms with Crippen LogP contribution >= 0.6 is 0 Å². The van der Waals surface area contributed by atoms with E-state index in [-0.39, 0.29) is 34.2 Å². The number of ether oxygens (including phenoxy) is 4. The molecule has 0 aromatic heterocycles. The Morgan fingerprint density at radius 1 is 0.974 bits per heavy atom. The van der Waals surface area contributed by atoms with E-state index in [4.69, 9.17) is 19.3 Å². The molecule has 9 N–H and O–H groups in total. The monoisotopic (exact) mass is 537 g/mol. The molecule has 14 nitrogen and oxygen atoms in total. The summed E-state index contributed by atoms with van der Waals surface area (Å²) in [4.78, 5) is 22.2. The van der Waals surface area contributed by atoms with Crippen LogP contribution in [0.25, 0.3) is 5.76 Å². The minimum absolute atomic E-state index is 0.0358. The van der Waals surface area contributed by atoms with Crippen LogP contribution in [-0.2, 0) is 23.8 Å². The van der Waals surface area contributed by atoms with Gasteiger partial charge in [-0.1, -0.05) is 0 Å². The summed E-state index contributed by atoms with van der Waals surface area (Å²) in [5.74, 6) is -4.15. The van der Waals surface area contributed by atoms with Gasteiger partial charge in [-0.3, -0.25) is 9.59 Å².